The van der Waals surface area contributed by atoms with E-state index in [1.54, 1.807) is 0 Å². The van der Waals surface area contributed by atoms with Crippen molar-refractivity contribution in [1.82, 2.24) is 5.32 Å². The van der Waals surface area contributed by atoms with Crippen LogP contribution in [-0.4, -0.2) is 18.7 Å². The molecule has 1 fully saturated rings. The maximum atomic E-state index is 6.19. The third-order valence-electron chi connectivity index (χ3n) is 3.84. The molecule has 1 N–H and O–H groups in total. The van der Waals surface area contributed by atoms with Crippen molar-refractivity contribution >= 4 is 0 Å². The van der Waals surface area contributed by atoms with E-state index in [1.807, 2.05) is 0 Å². The zero-order valence-electron chi connectivity index (χ0n) is 11.5. The van der Waals surface area contributed by atoms with Crippen LogP contribution in [0.5, 0.6) is 0 Å². The van der Waals surface area contributed by atoms with E-state index in [0.29, 0.717) is 0 Å². The summed E-state index contributed by atoms with van der Waals surface area (Å²) in [6, 6.07) is 10.5. The van der Waals surface area contributed by atoms with Gasteiger partial charge in [0.25, 0.3) is 0 Å². The molecule has 1 aliphatic carbocycles. The number of hydrogen-bond donors (Lipinski definition) is 1. The van der Waals surface area contributed by atoms with Crippen LogP contribution in [0.1, 0.15) is 44.6 Å². The van der Waals surface area contributed by atoms with Crippen molar-refractivity contribution in [2.45, 2.75) is 51.2 Å². The Morgan fingerprint density at radius 2 is 1.94 bits per heavy atom. The fourth-order valence-electron chi connectivity index (χ4n) is 2.47. The lowest BCUT2D eigenvalue weighted by Gasteiger charge is -2.42. The first-order valence-corrected chi connectivity index (χ1v) is 7.23. The molecule has 0 radical (unpaired) electrons. The van der Waals surface area contributed by atoms with Crippen molar-refractivity contribution in [3.05, 3.63) is 35.9 Å². The van der Waals surface area contributed by atoms with Gasteiger partial charge in [-0.25, -0.2) is 0 Å². The van der Waals surface area contributed by atoms with Crippen LogP contribution < -0.4 is 5.32 Å². The summed E-state index contributed by atoms with van der Waals surface area (Å²) in [5.41, 5.74) is 1.45. The van der Waals surface area contributed by atoms with E-state index < -0.39 is 0 Å². The molecule has 2 nitrogen and oxygen atoms in total. The highest BCUT2D eigenvalue weighted by Gasteiger charge is 2.37. The SMILES string of the molecule is CCCNCCC1(OCc2ccccc2)CCC1. The molecule has 1 aromatic rings. The van der Waals surface area contributed by atoms with Crippen LogP contribution in [0.2, 0.25) is 0 Å². The molecule has 0 spiro atoms. The Morgan fingerprint density at radius 1 is 1.17 bits per heavy atom. The summed E-state index contributed by atoms with van der Waals surface area (Å²) in [6.07, 6.45) is 6.14. The predicted octanol–water partition coefficient (Wildman–Crippen LogP) is 3.52. The molecule has 0 aromatic heterocycles. The van der Waals surface area contributed by atoms with Crippen LogP contribution in [0.15, 0.2) is 30.3 Å². The first-order valence-electron chi connectivity index (χ1n) is 7.23. The van der Waals surface area contributed by atoms with Gasteiger partial charge in [0, 0.05) is 0 Å². The Balaban J connectivity index is 1.74. The molecule has 0 saturated heterocycles. The monoisotopic (exact) mass is 247 g/mol. The first-order chi connectivity index (χ1) is 8.85. The fourth-order valence-corrected chi connectivity index (χ4v) is 2.47. The fraction of sp³-hybridized carbons (Fsp3) is 0.625. The summed E-state index contributed by atoms with van der Waals surface area (Å²) < 4.78 is 6.19. The second kappa shape index (κ2) is 6.91. The highest BCUT2D eigenvalue weighted by atomic mass is 16.5. The van der Waals surface area contributed by atoms with Crippen LogP contribution >= 0.6 is 0 Å². The predicted molar refractivity (Wildman–Crippen MR) is 75.6 cm³/mol. The van der Waals surface area contributed by atoms with Crippen LogP contribution in [0.25, 0.3) is 0 Å². The van der Waals surface area contributed by atoms with Gasteiger partial charge in [-0.15, -0.1) is 0 Å². The van der Waals surface area contributed by atoms with Gasteiger partial charge in [0.1, 0.15) is 0 Å². The maximum Gasteiger partial charge on any atom is 0.0724 e. The number of benzene rings is 1. The zero-order chi connectivity index (χ0) is 12.7. The van der Waals surface area contributed by atoms with E-state index in [2.05, 4.69) is 42.6 Å². The minimum atomic E-state index is 0.163. The second-order valence-corrected chi connectivity index (χ2v) is 5.31. The molecular formula is C16H25NO. The molecular weight excluding hydrogens is 222 g/mol. The summed E-state index contributed by atoms with van der Waals surface area (Å²) in [5.74, 6) is 0. The van der Waals surface area contributed by atoms with Crippen LogP contribution in [-0.2, 0) is 11.3 Å². The zero-order valence-corrected chi connectivity index (χ0v) is 11.5. The molecule has 0 amide bonds. The van der Waals surface area contributed by atoms with Crippen LogP contribution in [0, 0.1) is 0 Å². The lowest BCUT2D eigenvalue weighted by molar-refractivity contribution is -0.113. The van der Waals surface area contributed by atoms with Crippen molar-refractivity contribution < 1.29 is 4.74 Å². The van der Waals surface area contributed by atoms with E-state index in [9.17, 15) is 0 Å². The van der Waals surface area contributed by atoms with Crippen molar-refractivity contribution in [2.24, 2.45) is 0 Å². The van der Waals surface area contributed by atoms with E-state index >= 15 is 0 Å². The maximum absolute atomic E-state index is 6.19. The van der Waals surface area contributed by atoms with Gasteiger partial charge in [-0.1, -0.05) is 37.3 Å². The minimum absolute atomic E-state index is 0.163. The molecule has 2 rings (SSSR count). The smallest absolute Gasteiger partial charge is 0.0724 e. The van der Waals surface area contributed by atoms with Gasteiger partial charge >= 0.3 is 0 Å². The molecule has 0 atom stereocenters. The summed E-state index contributed by atoms with van der Waals surface area (Å²) in [4.78, 5) is 0. The highest BCUT2D eigenvalue weighted by Crippen LogP contribution is 2.39. The molecule has 2 heteroatoms. The van der Waals surface area contributed by atoms with E-state index in [-0.39, 0.29) is 5.60 Å². The van der Waals surface area contributed by atoms with Gasteiger partial charge in [0.2, 0.25) is 0 Å². The van der Waals surface area contributed by atoms with Crippen LogP contribution in [0.4, 0.5) is 0 Å². The molecule has 0 heterocycles. The minimum Gasteiger partial charge on any atom is -0.370 e. The Bertz CT molecular complexity index is 332. The standard InChI is InChI=1S/C16H25NO/c1-2-12-17-13-11-16(9-6-10-16)18-14-15-7-4-3-5-8-15/h3-5,7-8,17H,2,6,9-14H2,1H3. The third kappa shape index (κ3) is 3.82. The van der Waals surface area contributed by atoms with E-state index in [0.717, 1.165) is 26.1 Å². The first kappa shape index (κ1) is 13.6. The normalized spacial score (nSPS) is 17.4. The number of hydrogen-bond acceptors (Lipinski definition) is 2. The number of ether oxygens (including phenoxy) is 1. The number of nitrogens with one attached hydrogen (secondary N) is 1. The largest absolute Gasteiger partial charge is 0.370 e. The summed E-state index contributed by atoms with van der Waals surface area (Å²) in [7, 11) is 0. The van der Waals surface area contributed by atoms with Crippen LogP contribution in [0.3, 0.4) is 0 Å². The molecule has 0 bridgehead atoms. The summed E-state index contributed by atoms with van der Waals surface area (Å²) in [5, 5.41) is 3.48. The molecule has 0 aliphatic heterocycles. The molecule has 1 saturated carbocycles. The molecule has 18 heavy (non-hydrogen) atoms. The average Bonchev–Trinajstić information content (AvgIpc) is 2.37. The van der Waals surface area contributed by atoms with Crippen molar-refractivity contribution in [1.29, 1.82) is 0 Å². The Kier molecular flexibility index (Phi) is 5.21. The van der Waals surface area contributed by atoms with Gasteiger partial charge in [-0.2, -0.15) is 0 Å². The average molecular weight is 247 g/mol. The summed E-state index contributed by atoms with van der Waals surface area (Å²) in [6.45, 7) is 5.17. The molecule has 1 aliphatic rings. The Hall–Kier alpha value is -0.860. The van der Waals surface area contributed by atoms with Crippen molar-refractivity contribution in [3.63, 3.8) is 0 Å². The molecule has 1 aromatic carbocycles. The Labute approximate surface area is 111 Å². The molecule has 0 unspecified atom stereocenters. The lowest BCUT2D eigenvalue weighted by atomic mass is 9.77. The van der Waals surface area contributed by atoms with Gasteiger partial charge in [0.15, 0.2) is 0 Å². The van der Waals surface area contributed by atoms with Crippen molar-refractivity contribution in [3.8, 4) is 0 Å². The lowest BCUT2D eigenvalue weighted by Crippen LogP contribution is -2.42. The quantitative estimate of drug-likeness (QED) is 0.710. The Morgan fingerprint density at radius 3 is 2.56 bits per heavy atom. The van der Waals surface area contributed by atoms with Gasteiger partial charge in [0.05, 0.1) is 12.2 Å². The topological polar surface area (TPSA) is 21.3 Å². The van der Waals surface area contributed by atoms with Gasteiger partial charge in [-0.3, -0.25) is 0 Å². The van der Waals surface area contributed by atoms with E-state index in [1.165, 1.54) is 31.2 Å². The highest BCUT2D eigenvalue weighted by molar-refractivity contribution is 5.13. The van der Waals surface area contributed by atoms with Gasteiger partial charge < -0.3 is 10.1 Å². The second-order valence-electron chi connectivity index (χ2n) is 5.31. The number of rotatable bonds is 8. The van der Waals surface area contributed by atoms with Crippen molar-refractivity contribution in [2.75, 3.05) is 13.1 Å². The van der Waals surface area contributed by atoms with Gasteiger partial charge in [-0.05, 0) is 50.8 Å². The third-order valence-corrected chi connectivity index (χ3v) is 3.84. The van der Waals surface area contributed by atoms with E-state index in [4.69, 9.17) is 4.74 Å². The summed E-state index contributed by atoms with van der Waals surface area (Å²) >= 11 is 0. The molecule has 100 valence electrons.